The number of benzene rings is 2. The van der Waals surface area contributed by atoms with E-state index in [4.69, 9.17) is 5.73 Å². The molecule has 6 rings (SSSR count). The fourth-order valence-corrected chi connectivity index (χ4v) is 7.99. The number of rotatable bonds is 10. The molecule has 0 saturated carbocycles. The zero-order valence-electron chi connectivity index (χ0n) is 36.1. The minimum absolute atomic E-state index is 0.195. The van der Waals surface area contributed by atoms with Crippen LogP contribution in [0.25, 0.3) is 21.8 Å². The zero-order chi connectivity index (χ0) is 45.8. The Bertz CT molecular complexity index is 2330. The molecule has 61 heavy (non-hydrogen) atoms. The molecule has 4 aromatic rings. The van der Waals surface area contributed by atoms with Crippen LogP contribution in [-0.2, 0) is 48.8 Å². The number of ketones is 1. The summed E-state index contributed by atoms with van der Waals surface area (Å²) in [7, 11) is -6.34. The van der Waals surface area contributed by atoms with E-state index in [0.717, 1.165) is 95.3 Å². The van der Waals surface area contributed by atoms with Crippen LogP contribution in [0.1, 0.15) is 72.8 Å². The molecule has 2 aromatic carbocycles. The fraction of sp³-hybridized carbons (Fsp3) is 0.561. The molecule has 20 heteroatoms. The molecule has 2 unspecified atom stereocenters. The van der Waals surface area contributed by atoms with Gasteiger partial charge >= 0.3 is 33.1 Å². The van der Waals surface area contributed by atoms with E-state index in [1.54, 1.807) is 53.8 Å². The van der Waals surface area contributed by atoms with Gasteiger partial charge in [0.05, 0.1) is 23.5 Å². The van der Waals surface area contributed by atoms with Gasteiger partial charge in [-0.05, 0) is 73.4 Å². The molecular weight excluding hydrogens is 1050 g/mol. The number of nitrogens with two attached hydrogens (primary N) is 1. The number of carbonyl (C=O) groups is 2. The Labute approximate surface area is 389 Å². The number of aromatic nitrogens is 4. The van der Waals surface area contributed by atoms with Crippen LogP contribution in [0.3, 0.4) is 0 Å². The number of sulfonamides is 2. The average molecular weight is 1110 g/mol. The van der Waals surface area contributed by atoms with Gasteiger partial charge in [-0.2, -0.15) is 0 Å². The van der Waals surface area contributed by atoms with Gasteiger partial charge in [0.1, 0.15) is 30.1 Å². The number of amides is 1. The number of hydrogen-bond donors (Lipinski definition) is 3. The van der Waals surface area contributed by atoms with Crippen molar-refractivity contribution < 1.29 is 39.2 Å². The molecule has 2 fully saturated rings. The van der Waals surface area contributed by atoms with Crippen molar-refractivity contribution in [1.29, 1.82) is 0 Å². The van der Waals surface area contributed by atoms with E-state index < -0.39 is 20.0 Å². The Morgan fingerprint density at radius 3 is 1.59 bits per heavy atom. The van der Waals surface area contributed by atoms with Crippen LogP contribution in [0.5, 0.6) is 0 Å². The zero-order valence-corrected chi connectivity index (χ0v) is 42.5. The molecule has 4 N–H and O–H groups in total. The maximum atomic E-state index is 12.5. The van der Waals surface area contributed by atoms with Crippen molar-refractivity contribution in [2.45, 2.75) is 73.6 Å². The number of nitrogens with one attached hydrogen (secondary N) is 2. The Hall–Kier alpha value is -2.59. The van der Waals surface area contributed by atoms with Crippen LogP contribution in [-0.4, -0.2) is 100 Å². The Morgan fingerprint density at radius 2 is 1.18 bits per heavy atom. The molecular formula is C41H60BrCuIN9O6S2. The molecule has 0 aliphatic carbocycles. The van der Waals surface area contributed by atoms with Crippen molar-refractivity contribution in [3.63, 3.8) is 0 Å². The van der Waals surface area contributed by atoms with E-state index in [9.17, 15) is 26.4 Å². The third-order valence-electron chi connectivity index (χ3n) is 10.1. The number of nitrogens with zero attached hydrogens (tertiary/aromatic N) is 6. The molecule has 342 valence electrons. The van der Waals surface area contributed by atoms with Gasteiger partial charge in [0.25, 0.3) is 0 Å². The van der Waals surface area contributed by atoms with Crippen molar-refractivity contribution in [1.82, 2.24) is 29.4 Å². The van der Waals surface area contributed by atoms with Crippen molar-refractivity contribution in [3.05, 3.63) is 59.1 Å². The first-order chi connectivity index (χ1) is 28.4. The van der Waals surface area contributed by atoms with Crippen molar-refractivity contribution >= 4 is 101 Å². The van der Waals surface area contributed by atoms with Crippen LogP contribution in [0, 0.1) is 22.7 Å². The number of fused-ring (bicyclic) bond motifs is 2. The first-order valence-electron chi connectivity index (χ1n) is 19.9. The molecule has 2 aliphatic rings. The number of piperidine rings is 2. The van der Waals surface area contributed by atoms with Crippen molar-refractivity contribution in [2.24, 2.45) is 28.4 Å². The summed E-state index contributed by atoms with van der Waals surface area (Å²) in [5.74, 6) is 2.22. The van der Waals surface area contributed by atoms with Crippen molar-refractivity contribution in [2.75, 3.05) is 61.6 Å². The summed E-state index contributed by atoms with van der Waals surface area (Å²) in [4.78, 5) is 44.8. The van der Waals surface area contributed by atoms with Crippen LogP contribution in [0.2, 0.25) is 0 Å². The van der Waals surface area contributed by atoms with Gasteiger partial charge in [-0.15, -0.1) is 0 Å². The predicted octanol–water partition coefficient (Wildman–Crippen LogP) is 6.11. The van der Waals surface area contributed by atoms with Crippen LogP contribution < -0.4 is 25.0 Å². The number of anilines is 2. The summed E-state index contributed by atoms with van der Waals surface area (Å²) in [5, 5.41) is 1.95. The third-order valence-corrected chi connectivity index (χ3v) is 12.0. The second-order valence-corrected chi connectivity index (χ2v) is 22.1. The van der Waals surface area contributed by atoms with Crippen LogP contribution in [0.15, 0.2) is 53.5 Å². The van der Waals surface area contributed by atoms with E-state index in [0.29, 0.717) is 19.5 Å². The van der Waals surface area contributed by atoms with Gasteiger partial charge in [-0.25, -0.2) is 46.2 Å². The standard InChI is InChI=1S/C21H30N4O3S.C15H19BrN4O2S.C5H11NO.Cu.HI/c1-21(2,3)19(26)11-15-7-8-18-17(10-15)20(23-14-22-18)25-9-5-6-16(13-25)12-24-29(4,27)28;1-23(21,22)19-8-11-3-2-6-20(9-11)15-13-7-12(16)4-5-14(13)17-10-18-15;1-5(2,3)4(6)7;;/h7-8,10,14,16,24H,5-6,9,11-13H2,1-4H3;4-5,7,10-11,19H,2-3,6,8-9H2,1H3;1-3H3,(H2,6,7);;1H/q;;;+1;/p-1. The second-order valence-electron chi connectivity index (χ2n) is 17.5. The fourth-order valence-electron chi connectivity index (χ4n) is 6.56. The average Bonchev–Trinajstić information content (AvgIpc) is 3.19. The summed E-state index contributed by atoms with van der Waals surface area (Å²) >= 11 is 9.37. The quantitative estimate of drug-likeness (QED) is 0.121. The number of hydrogen-bond acceptors (Lipinski definition) is 12. The first kappa shape index (κ1) is 52.8. The van der Waals surface area contributed by atoms with Crippen LogP contribution in [0.4, 0.5) is 11.6 Å². The normalized spacial score (nSPS) is 17.3. The van der Waals surface area contributed by atoms with Gasteiger partial charge < -0.3 is 15.5 Å². The van der Waals surface area contributed by atoms with E-state index >= 15 is 0 Å². The summed E-state index contributed by atoms with van der Waals surface area (Å²) in [6, 6.07) is 11.9. The number of primary amides is 1. The van der Waals surface area contributed by atoms with Gasteiger partial charge in [0.2, 0.25) is 26.0 Å². The molecule has 0 radical (unpaired) electrons. The molecule has 2 aliphatic heterocycles. The summed E-state index contributed by atoms with van der Waals surface area (Å²) in [6.45, 7) is 15.4. The van der Waals surface area contributed by atoms with Crippen molar-refractivity contribution in [3.8, 4) is 0 Å². The summed E-state index contributed by atoms with van der Waals surface area (Å²) in [6.07, 6.45) is 9.92. The number of carbonyl (C=O) groups excluding carboxylic acids is 2. The minimum atomic E-state index is -3.20. The molecule has 2 aromatic heterocycles. The molecule has 0 spiro atoms. The molecule has 4 heterocycles. The number of Topliss-reactive ketones (excluding diaryl/α,β-unsaturated/α-hetero) is 1. The van der Waals surface area contributed by atoms with E-state index in [1.807, 2.05) is 57.2 Å². The Balaban J connectivity index is 0.000000276. The maximum absolute atomic E-state index is 12.5. The molecule has 15 nitrogen and oxygen atoms in total. The van der Waals surface area contributed by atoms with Gasteiger partial charge in [0.15, 0.2) is 0 Å². The molecule has 0 bridgehead atoms. The SMILES string of the molecule is CC(C)(C)C(=O)Cc1ccc2ncnc(N3CCCC(CNS(C)(=O)=O)C3)c2c1.CC(C)(C)C(N)=O.CS(=O)(=O)NCC1CCCN(c2ncnc3ccc(Br)cc23)C1.[Cu][I]. The van der Waals surface area contributed by atoms with E-state index in [2.05, 4.69) is 67.9 Å². The van der Waals surface area contributed by atoms with E-state index in [1.165, 1.54) is 12.5 Å². The van der Waals surface area contributed by atoms with E-state index in [-0.39, 0.29) is 34.4 Å². The Kier molecular flexibility index (Phi) is 20.2. The number of halogens is 2. The monoisotopic (exact) mass is 1110 g/mol. The Morgan fingerprint density at radius 1 is 0.754 bits per heavy atom. The second kappa shape index (κ2) is 23.4. The van der Waals surface area contributed by atoms with Gasteiger partial charge in [-0.3, -0.25) is 9.59 Å². The molecule has 1 amide bonds. The molecule has 2 saturated heterocycles. The molecule has 2 atom stereocenters. The van der Waals surface area contributed by atoms with Gasteiger partial charge in [0, 0.05) is 71.8 Å². The topological polar surface area (TPSA) is 211 Å². The first-order valence-corrected chi connectivity index (χ1v) is 27.5. The van der Waals surface area contributed by atoms with Crippen LogP contribution >= 0.6 is 36.3 Å². The summed E-state index contributed by atoms with van der Waals surface area (Å²) in [5.41, 5.74) is 6.91. The summed E-state index contributed by atoms with van der Waals surface area (Å²) < 4.78 is 51.7. The van der Waals surface area contributed by atoms with Gasteiger partial charge in [-0.1, -0.05) is 63.5 Å². The third kappa shape index (κ3) is 17.8. The predicted molar refractivity (Wildman–Crippen MR) is 253 cm³/mol.